The molecule has 0 aliphatic heterocycles. The Labute approximate surface area is 44.7 Å². The second-order valence-electron chi connectivity index (χ2n) is 0.189. The van der Waals surface area contributed by atoms with E-state index in [4.69, 9.17) is 12.2 Å². The van der Waals surface area contributed by atoms with Gasteiger partial charge in [0.05, 0.1) is 0 Å². The van der Waals surface area contributed by atoms with E-state index in [1.807, 2.05) is 0 Å². The first kappa shape index (κ1) is 9.24. The first-order valence-corrected chi connectivity index (χ1v) is 1.91. The third-order valence-electron chi connectivity index (χ3n) is 0. The Morgan fingerprint density at radius 2 is 1.40 bits per heavy atom. The Hall–Kier alpha value is 0.782. The van der Waals surface area contributed by atoms with Crippen molar-refractivity contribution in [2.24, 2.45) is 0 Å². The van der Waals surface area contributed by atoms with E-state index in [2.05, 4.69) is 0 Å². The fraction of sp³-hybridized carbons (Fsp3) is 0. The molecule has 0 aliphatic carbocycles. The van der Waals surface area contributed by atoms with E-state index in [1.165, 1.54) is 0 Å². The predicted molar refractivity (Wildman–Crippen MR) is 6.44 cm³/mol. The molecule has 0 N–H and O–H groups in total. The summed E-state index contributed by atoms with van der Waals surface area (Å²) in [6.07, 6.45) is 0. The molecule has 0 fully saturated rings. The summed E-state index contributed by atoms with van der Waals surface area (Å²) in [5.41, 5.74) is 0. The van der Waals surface area contributed by atoms with Crippen molar-refractivity contribution in [2.75, 3.05) is 0 Å². The van der Waals surface area contributed by atoms with Crippen LogP contribution in [0, 0.1) is 0 Å². The van der Waals surface area contributed by atoms with Gasteiger partial charge in [-0.1, -0.05) is 0 Å². The molecule has 0 rings (SSSR count). The van der Waals surface area contributed by atoms with E-state index in [9.17, 15) is 0 Å². The summed E-state index contributed by atoms with van der Waals surface area (Å²) in [7, 11) is 0. The van der Waals surface area contributed by atoms with E-state index in [-0.39, 0.29) is 17.6 Å². The molecule has 0 aromatic heterocycles. The molecule has 0 aliphatic rings. The van der Waals surface area contributed by atoms with Crippen LogP contribution in [-0.4, -0.2) is 17.6 Å². The Morgan fingerprint density at radius 1 is 1.40 bits per heavy atom. The number of hydrogen-bond donors (Lipinski definition) is 0. The quantitative estimate of drug-likeness (QED) is 0.372. The van der Waals surface area contributed by atoms with Crippen molar-refractivity contribution in [3.8, 4) is 0 Å². The van der Waals surface area contributed by atoms with E-state index in [0.29, 0.717) is 0 Å². The zero-order valence-corrected chi connectivity index (χ0v) is 5.38. The van der Waals surface area contributed by atoms with Crippen molar-refractivity contribution in [3.63, 3.8) is 0 Å². The number of rotatable bonds is 0. The molecule has 5 heteroatoms. The van der Waals surface area contributed by atoms with Crippen molar-refractivity contribution in [3.05, 3.63) is 0 Å². The minimum atomic E-state index is -3.65. The Bertz CT molecular complexity index is 29.9. The predicted octanol–water partition coefficient (Wildman–Crippen LogP) is -2.88. The van der Waals surface area contributed by atoms with Gasteiger partial charge in [-0.15, -0.1) is 0 Å². The van der Waals surface area contributed by atoms with Crippen LogP contribution in [0.4, 0.5) is 0 Å². The molecule has 4 radical (unpaired) electrons. The van der Waals surface area contributed by atoms with Crippen LogP contribution in [0.15, 0.2) is 0 Å². The van der Waals surface area contributed by atoms with Gasteiger partial charge in [0.1, 0.15) is 0 Å². The molecule has 0 atom stereocenters. The first-order chi connectivity index (χ1) is 1.73. The van der Waals surface area contributed by atoms with E-state index >= 15 is 0 Å². The SMILES string of the molecule is [Ge].[O]=[Mn]([O-])[O-]. The van der Waals surface area contributed by atoms with Crippen molar-refractivity contribution in [1.29, 1.82) is 0 Å². The fourth-order valence-corrected chi connectivity index (χ4v) is 0. The summed E-state index contributed by atoms with van der Waals surface area (Å²) in [5, 5.41) is 0. The average Bonchev–Trinajstić information content (AvgIpc) is 0.811. The summed E-state index contributed by atoms with van der Waals surface area (Å²) < 4.78 is 25.6. The Morgan fingerprint density at radius 3 is 1.40 bits per heavy atom. The van der Waals surface area contributed by atoms with Crippen molar-refractivity contribution in [1.82, 2.24) is 0 Å². The van der Waals surface area contributed by atoms with Crippen LogP contribution in [0.1, 0.15) is 0 Å². The van der Waals surface area contributed by atoms with E-state index in [0.717, 1.165) is 0 Å². The van der Waals surface area contributed by atoms with Gasteiger partial charge in [-0.3, -0.25) is 0 Å². The monoisotopic (exact) mass is 177 g/mol. The van der Waals surface area contributed by atoms with Gasteiger partial charge >= 0.3 is 26.7 Å². The standard InChI is InChI=1S/Ge.Mn.3O/q;;;2*-1. The molecule has 0 bridgehead atoms. The molecule has 0 saturated carbocycles. The molecular formula is GeMnO3-2. The summed E-state index contributed by atoms with van der Waals surface area (Å²) in [5.74, 6) is 0. The van der Waals surface area contributed by atoms with Gasteiger partial charge in [0, 0.05) is 17.6 Å². The molecule has 0 amide bonds. The van der Waals surface area contributed by atoms with Crippen LogP contribution >= 0.6 is 0 Å². The van der Waals surface area contributed by atoms with Crippen LogP contribution in [-0.2, 0) is 18.3 Å². The Kier molecular flexibility index (Phi) is 8.84. The maximum atomic E-state index is 8.52. The fourth-order valence-electron chi connectivity index (χ4n) is 0. The third kappa shape index (κ3) is 60.5. The third-order valence-corrected chi connectivity index (χ3v) is 0. The van der Waals surface area contributed by atoms with Crippen molar-refractivity contribution >= 4 is 17.6 Å². The number of hydrogen-bond acceptors (Lipinski definition) is 3. The van der Waals surface area contributed by atoms with Crippen LogP contribution in [0.5, 0.6) is 0 Å². The topological polar surface area (TPSA) is 63.2 Å². The molecular weight excluding hydrogens is 176 g/mol. The van der Waals surface area contributed by atoms with Gasteiger partial charge in [0.15, 0.2) is 0 Å². The Balaban J connectivity index is 0. The molecule has 5 heavy (non-hydrogen) atoms. The van der Waals surface area contributed by atoms with Gasteiger partial charge in [0.2, 0.25) is 0 Å². The maximum absolute atomic E-state index is 8.52. The zero-order valence-electron chi connectivity index (χ0n) is 2.10. The van der Waals surface area contributed by atoms with Gasteiger partial charge in [-0.2, -0.15) is 0 Å². The summed E-state index contributed by atoms with van der Waals surface area (Å²) >= 11 is -3.65. The van der Waals surface area contributed by atoms with Crippen LogP contribution in [0.25, 0.3) is 0 Å². The molecule has 0 spiro atoms. The minimum absolute atomic E-state index is 0. The summed E-state index contributed by atoms with van der Waals surface area (Å²) in [6, 6.07) is 0. The van der Waals surface area contributed by atoms with Gasteiger partial charge in [0.25, 0.3) is 0 Å². The zero-order chi connectivity index (χ0) is 3.58. The normalized spacial score (nSPS) is 7.00. The molecule has 0 saturated heterocycles. The molecule has 31 valence electrons. The summed E-state index contributed by atoms with van der Waals surface area (Å²) in [4.78, 5) is 0. The molecule has 0 unspecified atom stereocenters. The van der Waals surface area contributed by atoms with E-state index < -0.39 is 14.5 Å². The van der Waals surface area contributed by atoms with Gasteiger partial charge in [-0.25, -0.2) is 0 Å². The van der Waals surface area contributed by atoms with Crippen LogP contribution in [0.2, 0.25) is 0 Å². The van der Waals surface area contributed by atoms with Crippen molar-refractivity contribution < 1.29 is 26.7 Å². The van der Waals surface area contributed by atoms with Gasteiger partial charge < -0.3 is 0 Å². The second-order valence-corrected chi connectivity index (χ2v) is 0.779. The van der Waals surface area contributed by atoms with Crippen LogP contribution < -0.4 is 8.38 Å². The van der Waals surface area contributed by atoms with Crippen LogP contribution in [0.3, 0.4) is 0 Å². The molecule has 0 heterocycles. The molecule has 3 nitrogen and oxygen atoms in total. The second kappa shape index (κ2) is 4.78. The van der Waals surface area contributed by atoms with E-state index in [1.54, 1.807) is 0 Å². The average molecular weight is 176 g/mol. The van der Waals surface area contributed by atoms with Gasteiger partial charge in [-0.05, 0) is 0 Å². The summed E-state index contributed by atoms with van der Waals surface area (Å²) in [6.45, 7) is 0. The van der Waals surface area contributed by atoms with Crippen molar-refractivity contribution in [2.45, 2.75) is 0 Å². The first-order valence-electron chi connectivity index (χ1n) is 0.463. The molecule has 0 aromatic carbocycles. The molecule has 0 aromatic rings.